The highest BCUT2D eigenvalue weighted by Gasteiger charge is 2.23. The largest absolute Gasteiger partial charge is 0.363 e. The third-order valence-electron chi connectivity index (χ3n) is 2.99. The molecule has 1 aromatic heterocycles. The van der Waals surface area contributed by atoms with Gasteiger partial charge in [-0.05, 0) is 25.8 Å². The number of hydrogen-bond acceptors (Lipinski definition) is 5. The van der Waals surface area contributed by atoms with E-state index in [1.807, 2.05) is 7.05 Å². The van der Waals surface area contributed by atoms with Gasteiger partial charge in [0.05, 0.1) is 6.54 Å². The van der Waals surface area contributed by atoms with Crippen molar-refractivity contribution >= 4 is 16.5 Å². The smallest absolute Gasteiger partial charge is 0.205 e. The Balaban J connectivity index is 1.95. The Labute approximate surface area is 94.7 Å². The Morgan fingerprint density at radius 1 is 1.53 bits per heavy atom. The highest BCUT2D eigenvalue weighted by atomic mass is 32.1. The van der Waals surface area contributed by atoms with Crippen molar-refractivity contribution in [2.24, 2.45) is 0 Å². The van der Waals surface area contributed by atoms with Crippen LogP contribution in [-0.4, -0.2) is 34.7 Å². The molecule has 1 atom stereocenters. The number of anilines is 1. The summed E-state index contributed by atoms with van der Waals surface area (Å²) >= 11 is 1.66. The van der Waals surface area contributed by atoms with Crippen molar-refractivity contribution in [2.45, 2.75) is 38.8 Å². The van der Waals surface area contributed by atoms with Crippen LogP contribution < -0.4 is 5.32 Å². The zero-order chi connectivity index (χ0) is 10.7. The minimum atomic E-state index is 0.756. The molecule has 4 nitrogen and oxygen atoms in total. The number of hydrogen-bond donors (Lipinski definition) is 1. The van der Waals surface area contributed by atoms with Gasteiger partial charge in [0.2, 0.25) is 5.13 Å². The number of likely N-dealkylation sites (tertiary alicyclic amines) is 1. The van der Waals surface area contributed by atoms with Gasteiger partial charge in [0, 0.05) is 13.1 Å². The fourth-order valence-corrected chi connectivity index (χ4v) is 2.88. The molecule has 2 rings (SSSR count). The predicted molar refractivity (Wildman–Crippen MR) is 63.2 cm³/mol. The number of nitrogens with one attached hydrogen (secondary N) is 1. The average Bonchev–Trinajstić information content (AvgIpc) is 2.87. The van der Waals surface area contributed by atoms with Gasteiger partial charge in [0.15, 0.2) is 0 Å². The highest BCUT2D eigenvalue weighted by Crippen LogP contribution is 2.24. The van der Waals surface area contributed by atoms with Crippen LogP contribution >= 0.6 is 11.3 Å². The minimum Gasteiger partial charge on any atom is -0.363 e. The third-order valence-corrected chi connectivity index (χ3v) is 3.91. The van der Waals surface area contributed by atoms with Crippen LogP contribution in [0.2, 0.25) is 0 Å². The van der Waals surface area contributed by atoms with Gasteiger partial charge < -0.3 is 5.32 Å². The first kappa shape index (κ1) is 10.8. The maximum atomic E-state index is 4.18. The van der Waals surface area contributed by atoms with E-state index < -0.39 is 0 Å². The van der Waals surface area contributed by atoms with Crippen LogP contribution in [0.25, 0.3) is 0 Å². The molecular formula is C10H18N4S. The van der Waals surface area contributed by atoms with Gasteiger partial charge in [-0.3, -0.25) is 4.90 Å². The van der Waals surface area contributed by atoms with E-state index in [4.69, 9.17) is 0 Å². The van der Waals surface area contributed by atoms with Gasteiger partial charge in [0.1, 0.15) is 5.01 Å². The van der Waals surface area contributed by atoms with Crippen molar-refractivity contribution < 1.29 is 0 Å². The van der Waals surface area contributed by atoms with Crippen molar-refractivity contribution in [1.82, 2.24) is 15.1 Å². The van der Waals surface area contributed by atoms with Crippen LogP contribution in [0.4, 0.5) is 5.13 Å². The van der Waals surface area contributed by atoms with Crippen LogP contribution in [0.3, 0.4) is 0 Å². The van der Waals surface area contributed by atoms with Crippen molar-refractivity contribution in [2.75, 3.05) is 18.9 Å². The van der Waals surface area contributed by atoms with Gasteiger partial charge >= 0.3 is 0 Å². The lowest BCUT2D eigenvalue weighted by Gasteiger charge is -2.21. The van der Waals surface area contributed by atoms with E-state index in [9.17, 15) is 0 Å². The molecule has 0 aliphatic carbocycles. The van der Waals surface area contributed by atoms with Crippen molar-refractivity contribution in [3.8, 4) is 0 Å². The summed E-state index contributed by atoms with van der Waals surface area (Å²) in [6.45, 7) is 4.45. The lowest BCUT2D eigenvalue weighted by molar-refractivity contribution is 0.239. The van der Waals surface area contributed by atoms with E-state index in [1.165, 1.54) is 25.8 Å². The van der Waals surface area contributed by atoms with Gasteiger partial charge in [-0.15, -0.1) is 10.2 Å². The molecule has 1 unspecified atom stereocenters. The maximum absolute atomic E-state index is 4.18. The lowest BCUT2D eigenvalue weighted by Crippen LogP contribution is -2.28. The summed E-state index contributed by atoms with van der Waals surface area (Å²) in [5.41, 5.74) is 0. The Hall–Kier alpha value is -0.680. The normalized spacial score (nSPS) is 22.1. The van der Waals surface area contributed by atoms with Crippen LogP contribution in [0.15, 0.2) is 0 Å². The summed E-state index contributed by atoms with van der Waals surface area (Å²) in [5, 5.41) is 13.3. The van der Waals surface area contributed by atoms with Crippen molar-refractivity contribution in [3.05, 3.63) is 5.01 Å². The first-order valence-electron chi connectivity index (χ1n) is 5.57. The zero-order valence-electron chi connectivity index (χ0n) is 9.36. The Morgan fingerprint density at radius 2 is 2.40 bits per heavy atom. The summed E-state index contributed by atoms with van der Waals surface area (Å²) < 4.78 is 0. The minimum absolute atomic E-state index is 0.756. The van der Waals surface area contributed by atoms with Crippen LogP contribution in [0.5, 0.6) is 0 Å². The molecule has 0 amide bonds. The molecule has 84 valence electrons. The molecule has 1 saturated heterocycles. The van der Waals surface area contributed by atoms with E-state index in [0.717, 1.165) is 22.7 Å². The first-order chi connectivity index (χ1) is 7.33. The average molecular weight is 226 g/mol. The third kappa shape index (κ3) is 2.46. The van der Waals surface area contributed by atoms with E-state index in [1.54, 1.807) is 11.3 Å². The topological polar surface area (TPSA) is 41.1 Å². The van der Waals surface area contributed by atoms with Gasteiger partial charge in [0.25, 0.3) is 0 Å². The Bertz CT molecular complexity index is 312. The Morgan fingerprint density at radius 3 is 3.07 bits per heavy atom. The van der Waals surface area contributed by atoms with E-state index in [2.05, 4.69) is 27.3 Å². The van der Waals surface area contributed by atoms with Crippen LogP contribution in [-0.2, 0) is 6.54 Å². The second-order valence-corrected chi connectivity index (χ2v) is 4.99. The fourth-order valence-electron chi connectivity index (χ4n) is 2.16. The van der Waals surface area contributed by atoms with Crippen LogP contribution in [0, 0.1) is 0 Å². The fraction of sp³-hybridized carbons (Fsp3) is 0.800. The standard InChI is InChI=1S/C10H18N4S/c1-3-8-5-4-6-14(8)7-9-12-13-10(11-2)15-9/h8H,3-7H2,1-2H3,(H,11,13). The zero-order valence-corrected chi connectivity index (χ0v) is 10.2. The molecule has 1 N–H and O–H groups in total. The Kier molecular flexibility index (Phi) is 3.53. The molecule has 0 bridgehead atoms. The van der Waals surface area contributed by atoms with E-state index in [0.29, 0.717) is 0 Å². The van der Waals surface area contributed by atoms with Gasteiger partial charge in [-0.2, -0.15) is 0 Å². The lowest BCUT2D eigenvalue weighted by atomic mass is 10.2. The molecule has 1 aromatic rings. The summed E-state index contributed by atoms with van der Waals surface area (Å²) in [6.07, 6.45) is 3.92. The van der Waals surface area contributed by atoms with Gasteiger partial charge in [-0.25, -0.2) is 0 Å². The molecule has 1 aliphatic rings. The van der Waals surface area contributed by atoms with E-state index >= 15 is 0 Å². The van der Waals surface area contributed by atoms with Crippen molar-refractivity contribution in [3.63, 3.8) is 0 Å². The van der Waals surface area contributed by atoms with Crippen molar-refractivity contribution in [1.29, 1.82) is 0 Å². The second kappa shape index (κ2) is 4.90. The number of rotatable bonds is 4. The summed E-state index contributed by atoms with van der Waals surface area (Å²) in [6, 6.07) is 0.756. The summed E-state index contributed by atoms with van der Waals surface area (Å²) in [7, 11) is 1.88. The predicted octanol–water partition coefficient (Wildman–Crippen LogP) is 1.95. The molecule has 5 heteroatoms. The molecule has 0 saturated carbocycles. The molecule has 2 heterocycles. The quantitative estimate of drug-likeness (QED) is 0.852. The molecule has 15 heavy (non-hydrogen) atoms. The molecule has 1 fully saturated rings. The molecule has 0 spiro atoms. The second-order valence-electron chi connectivity index (χ2n) is 3.93. The highest BCUT2D eigenvalue weighted by molar-refractivity contribution is 7.15. The van der Waals surface area contributed by atoms with Gasteiger partial charge in [-0.1, -0.05) is 18.3 Å². The molecule has 0 radical (unpaired) electrons. The summed E-state index contributed by atoms with van der Waals surface area (Å²) in [5.74, 6) is 0. The number of aromatic nitrogens is 2. The molecule has 0 aromatic carbocycles. The number of nitrogens with zero attached hydrogens (tertiary/aromatic N) is 3. The van der Waals surface area contributed by atoms with E-state index in [-0.39, 0.29) is 0 Å². The maximum Gasteiger partial charge on any atom is 0.205 e. The molecule has 1 aliphatic heterocycles. The first-order valence-corrected chi connectivity index (χ1v) is 6.39. The SMILES string of the molecule is CCC1CCCN1Cc1nnc(NC)s1. The monoisotopic (exact) mass is 226 g/mol. The van der Waals surface area contributed by atoms with Crippen LogP contribution in [0.1, 0.15) is 31.2 Å². The summed E-state index contributed by atoms with van der Waals surface area (Å²) in [4.78, 5) is 2.53. The molecular weight excluding hydrogens is 208 g/mol.